The van der Waals surface area contributed by atoms with Crippen molar-refractivity contribution in [2.75, 3.05) is 51.2 Å². The van der Waals surface area contributed by atoms with Crippen molar-refractivity contribution in [3.05, 3.63) is 48.2 Å². The van der Waals surface area contributed by atoms with E-state index in [1.807, 2.05) is 12.1 Å². The van der Waals surface area contributed by atoms with Crippen LogP contribution in [0.25, 0.3) is 11.1 Å². The number of anilines is 1. The van der Waals surface area contributed by atoms with Gasteiger partial charge in [-0.1, -0.05) is 24.3 Å². The lowest BCUT2D eigenvalue weighted by Crippen LogP contribution is -2.43. The summed E-state index contributed by atoms with van der Waals surface area (Å²) in [5.41, 5.74) is 3.40. The van der Waals surface area contributed by atoms with Crippen LogP contribution in [0.4, 0.5) is 10.6 Å². The molecule has 164 valence electrons. The SMILES string of the molecule is CC(=O)NCC1CN(c2ccc(-c3ccc(CN4CCN(C)CC4)cc3)cn2)C(=O)O1. The Morgan fingerprint density at radius 2 is 1.81 bits per heavy atom. The van der Waals surface area contributed by atoms with Gasteiger partial charge in [0.15, 0.2) is 0 Å². The van der Waals surface area contributed by atoms with Gasteiger partial charge in [-0.25, -0.2) is 9.78 Å². The van der Waals surface area contributed by atoms with Crippen LogP contribution in [0, 0.1) is 0 Å². The lowest BCUT2D eigenvalue weighted by molar-refractivity contribution is -0.119. The van der Waals surface area contributed by atoms with Crippen LogP contribution >= 0.6 is 0 Å². The molecule has 2 aliphatic rings. The van der Waals surface area contributed by atoms with Crippen LogP contribution in [0.5, 0.6) is 0 Å². The number of carbonyl (C=O) groups excluding carboxylic acids is 2. The number of likely N-dealkylation sites (N-methyl/N-ethyl adjacent to an activating group) is 1. The van der Waals surface area contributed by atoms with Crippen LogP contribution in [0.3, 0.4) is 0 Å². The van der Waals surface area contributed by atoms with Gasteiger partial charge in [-0.15, -0.1) is 0 Å². The molecule has 3 heterocycles. The van der Waals surface area contributed by atoms with Crippen molar-refractivity contribution in [1.29, 1.82) is 0 Å². The molecule has 2 amide bonds. The van der Waals surface area contributed by atoms with E-state index in [4.69, 9.17) is 4.74 Å². The van der Waals surface area contributed by atoms with E-state index in [2.05, 4.69) is 51.4 Å². The summed E-state index contributed by atoms with van der Waals surface area (Å²) < 4.78 is 5.30. The molecule has 2 aromatic rings. The Balaban J connectivity index is 1.36. The number of cyclic esters (lactones) is 1. The topological polar surface area (TPSA) is 78.0 Å². The van der Waals surface area contributed by atoms with Crippen molar-refractivity contribution >= 4 is 17.8 Å². The fraction of sp³-hybridized carbons (Fsp3) is 0.435. The largest absolute Gasteiger partial charge is 0.442 e. The minimum atomic E-state index is -0.441. The van der Waals surface area contributed by atoms with Gasteiger partial charge in [0.25, 0.3) is 0 Å². The molecule has 2 aliphatic heterocycles. The molecule has 2 saturated heterocycles. The highest BCUT2D eigenvalue weighted by atomic mass is 16.6. The lowest BCUT2D eigenvalue weighted by Gasteiger charge is -2.32. The number of ether oxygens (including phenoxy) is 1. The van der Waals surface area contributed by atoms with Gasteiger partial charge < -0.3 is 15.0 Å². The van der Waals surface area contributed by atoms with Gasteiger partial charge >= 0.3 is 6.09 Å². The Morgan fingerprint density at radius 3 is 2.45 bits per heavy atom. The Hall–Kier alpha value is -2.97. The van der Waals surface area contributed by atoms with Gasteiger partial charge in [0, 0.05) is 51.4 Å². The van der Waals surface area contributed by atoms with Crippen molar-refractivity contribution < 1.29 is 14.3 Å². The maximum absolute atomic E-state index is 12.1. The predicted molar refractivity (Wildman–Crippen MR) is 119 cm³/mol. The van der Waals surface area contributed by atoms with Crippen LogP contribution in [0.15, 0.2) is 42.6 Å². The van der Waals surface area contributed by atoms with Crippen LogP contribution in [-0.4, -0.2) is 79.2 Å². The minimum absolute atomic E-state index is 0.147. The Kier molecular flexibility index (Phi) is 6.48. The number of amides is 2. The first-order chi connectivity index (χ1) is 15.0. The number of pyridine rings is 1. The molecule has 0 bridgehead atoms. The van der Waals surface area contributed by atoms with Gasteiger partial charge in [-0.05, 0) is 30.3 Å². The summed E-state index contributed by atoms with van der Waals surface area (Å²) in [7, 11) is 2.17. The van der Waals surface area contributed by atoms with Crippen molar-refractivity contribution in [3.8, 4) is 11.1 Å². The van der Waals surface area contributed by atoms with E-state index in [1.54, 1.807) is 6.20 Å². The summed E-state index contributed by atoms with van der Waals surface area (Å²) in [5, 5.41) is 2.67. The third-order valence-corrected chi connectivity index (χ3v) is 5.77. The van der Waals surface area contributed by atoms with Gasteiger partial charge in [0.05, 0.1) is 13.1 Å². The Labute approximate surface area is 182 Å². The molecule has 0 aliphatic carbocycles. The maximum Gasteiger partial charge on any atom is 0.416 e. The normalized spacial score (nSPS) is 20.0. The summed E-state index contributed by atoms with van der Waals surface area (Å²) >= 11 is 0. The fourth-order valence-electron chi connectivity index (χ4n) is 3.86. The number of nitrogens with zero attached hydrogens (tertiary/aromatic N) is 4. The summed E-state index contributed by atoms with van der Waals surface area (Å²) in [6, 6.07) is 12.4. The van der Waals surface area contributed by atoms with Gasteiger partial charge in [-0.2, -0.15) is 0 Å². The Bertz CT molecular complexity index is 908. The van der Waals surface area contributed by atoms with Gasteiger partial charge in [-0.3, -0.25) is 14.6 Å². The molecule has 0 saturated carbocycles. The molecule has 8 heteroatoms. The number of aromatic nitrogens is 1. The third kappa shape index (κ3) is 5.39. The van der Waals surface area contributed by atoms with E-state index in [1.165, 1.54) is 17.4 Å². The standard InChI is InChI=1S/C23H29N5O3/c1-17(29)24-14-21-16-28(23(30)31-21)22-8-7-20(13-25-22)19-5-3-18(4-6-19)15-27-11-9-26(2)10-12-27/h3-8,13,21H,9-12,14-16H2,1-2H3,(H,24,29). The second-order valence-corrected chi connectivity index (χ2v) is 8.23. The van der Waals surface area contributed by atoms with Crippen LogP contribution in [-0.2, 0) is 16.1 Å². The van der Waals surface area contributed by atoms with Crippen LogP contribution in [0.1, 0.15) is 12.5 Å². The molecule has 31 heavy (non-hydrogen) atoms. The van der Waals surface area contributed by atoms with Gasteiger partial charge in [0.2, 0.25) is 5.91 Å². The molecule has 4 rings (SSSR count). The number of carbonyl (C=O) groups is 2. The zero-order valence-electron chi connectivity index (χ0n) is 18.1. The highest BCUT2D eigenvalue weighted by molar-refractivity contribution is 5.88. The zero-order chi connectivity index (χ0) is 21.8. The van der Waals surface area contributed by atoms with Crippen molar-refractivity contribution in [2.45, 2.75) is 19.6 Å². The molecule has 8 nitrogen and oxygen atoms in total. The molecule has 1 aromatic heterocycles. The molecule has 1 unspecified atom stereocenters. The summed E-state index contributed by atoms with van der Waals surface area (Å²) in [4.78, 5) is 34.0. The molecule has 0 radical (unpaired) electrons. The second-order valence-electron chi connectivity index (χ2n) is 8.23. The quantitative estimate of drug-likeness (QED) is 0.765. The van der Waals surface area contributed by atoms with Crippen molar-refractivity contribution in [1.82, 2.24) is 20.1 Å². The van der Waals surface area contributed by atoms with E-state index in [0.29, 0.717) is 18.9 Å². The Morgan fingerprint density at radius 1 is 1.10 bits per heavy atom. The van der Waals surface area contributed by atoms with E-state index in [0.717, 1.165) is 43.9 Å². The molecule has 1 aromatic carbocycles. The average molecular weight is 424 g/mol. The monoisotopic (exact) mass is 423 g/mol. The highest BCUT2D eigenvalue weighted by Crippen LogP contribution is 2.24. The summed E-state index contributed by atoms with van der Waals surface area (Å²) in [6.07, 6.45) is 0.966. The molecule has 1 N–H and O–H groups in total. The predicted octanol–water partition coefficient (Wildman–Crippen LogP) is 1.96. The second kappa shape index (κ2) is 9.45. The van der Waals surface area contributed by atoms with Gasteiger partial charge in [0.1, 0.15) is 11.9 Å². The fourth-order valence-corrected chi connectivity index (χ4v) is 3.86. The first-order valence-electron chi connectivity index (χ1n) is 10.7. The van der Waals surface area contributed by atoms with E-state index in [9.17, 15) is 9.59 Å². The van der Waals surface area contributed by atoms with Crippen LogP contribution < -0.4 is 10.2 Å². The highest BCUT2D eigenvalue weighted by Gasteiger charge is 2.33. The molecule has 1 atom stereocenters. The molecular weight excluding hydrogens is 394 g/mol. The number of rotatable bonds is 6. The lowest BCUT2D eigenvalue weighted by atomic mass is 10.1. The number of nitrogens with one attached hydrogen (secondary N) is 1. The number of piperazine rings is 1. The molecular formula is C23H29N5O3. The third-order valence-electron chi connectivity index (χ3n) is 5.77. The van der Waals surface area contributed by atoms with E-state index in [-0.39, 0.29) is 12.0 Å². The van der Waals surface area contributed by atoms with Crippen molar-refractivity contribution in [3.63, 3.8) is 0 Å². The number of benzene rings is 1. The van der Waals surface area contributed by atoms with Crippen molar-refractivity contribution in [2.24, 2.45) is 0 Å². The number of hydrogen-bond donors (Lipinski definition) is 1. The van der Waals surface area contributed by atoms with E-state index >= 15 is 0 Å². The number of hydrogen-bond acceptors (Lipinski definition) is 6. The maximum atomic E-state index is 12.1. The molecule has 0 spiro atoms. The summed E-state index contributed by atoms with van der Waals surface area (Å²) in [6.45, 7) is 7.53. The first-order valence-corrected chi connectivity index (χ1v) is 10.7. The van der Waals surface area contributed by atoms with Crippen LogP contribution in [0.2, 0.25) is 0 Å². The molecule has 2 fully saturated rings. The zero-order valence-corrected chi connectivity index (χ0v) is 18.1. The average Bonchev–Trinajstić information content (AvgIpc) is 3.15. The smallest absolute Gasteiger partial charge is 0.416 e. The first kappa shape index (κ1) is 21.3. The van der Waals surface area contributed by atoms with E-state index < -0.39 is 6.09 Å². The summed E-state index contributed by atoms with van der Waals surface area (Å²) in [5.74, 6) is 0.400. The minimum Gasteiger partial charge on any atom is -0.442 e.